The summed E-state index contributed by atoms with van der Waals surface area (Å²) in [4.78, 5) is 12.2. The van der Waals surface area contributed by atoms with Crippen molar-refractivity contribution in [3.63, 3.8) is 0 Å². The van der Waals surface area contributed by atoms with Crippen LogP contribution in [0.5, 0.6) is 5.75 Å². The van der Waals surface area contributed by atoms with Gasteiger partial charge in [0, 0.05) is 6.42 Å². The van der Waals surface area contributed by atoms with Gasteiger partial charge in [-0.25, -0.2) is 5.01 Å². The molecule has 0 N–H and O–H groups in total. The molecule has 2 aromatic carbocycles. The summed E-state index contributed by atoms with van der Waals surface area (Å²) in [5.41, 5.74) is 2.51. The molecule has 0 saturated carbocycles. The van der Waals surface area contributed by atoms with Crippen LogP contribution in [-0.4, -0.2) is 29.8 Å². The number of ether oxygens (including phenoxy) is 1. The molecule has 0 atom stereocenters. The second-order valence-electron chi connectivity index (χ2n) is 5.10. The van der Waals surface area contributed by atoms with Gasteiger partial charge < -0.3 is 4.74 Å². The maximum atomic E-state index is 12.2. The summed E-state index contributed by atoms with van der Waals surface area (Å²) < 4.78 is 5.45. The van der Waals surface area contributed by atoms with E-state index in [2.05, 4.69) is 5.10 Å². The molecule has 0 aromatic heterocycles. The molecule has 114 valence electrons. The van der Waals surface area contributed by atoms with Crippen LogP contribution >= 0.6 is 0 Å². The Morgan fingerprint density at radius 2 is 1.91 bits per heavy atom. The number of amides is 1. The average molecular weight is 305 g/mol. The Balaban J connectivity index is 1.58. The SMILES string of the molecule is N#Cc1ccc(OCC(=O)N2CCC(c3ccccc3)=N2)cc1. The number of nitrogens with zero attached hydrogens (tertiary/aromatic N) is 3. The molecular formula is C18H15N3O2. The summed E-state index contributed by atoms with van der Waals surface area (Å²) in [6, 6.07) is 18.5. The highest BCUT2D eigenvalue weighted by molar-refractivity contribution is 6.02. The summed E-state index contributed by atoms with van der Waals surface area (Å²) in [7, 11) is 0. The van der Waals surface area contributed by atoms with Crippen molar-refractivity contribution in [3.05, 3.63) is 65.7 Å². The number of carbonyl (C=O) groups excluding carboxylic acids is 1. The van der Waals surface area contributed by atoms with E-state index in [0.717, 1.165) is 17.7 Å². The van der Waals surface area contributed by atoms with Crippen molar-refractivity contribution >= 4 is 11.6 Å². The average Bonchev–Trinajstić information content (AvgIpc) is 3.11. The first-order valence-electron chi connectivity index (χ1n) is 7.32. The van der Waals surface area contributed by atoms with E-state index in [4.69, 9.17) is 10.00 Å². The Bertz CT molecular complexity index is 761. The van der Waals surface area contributed by atoms with E-state index in [-0.39, 0.29) is 12.5 Å². The number of benzene rings is 2. The smallest absolute Gasteiger partial charge is 0.280 e. The van der Waals surface area contributed by atoms with Gasteiger partial charge in [0.2, 0.25) is 0 Å². The molecule has 5 heteroatoms. The van der Waals surface area contributed by atoms with Gasteiger partial charge in [0.25, 0.3) is 5.91 Å². The summed E-state index contributed by atoms with van der Waals surface area (Å²) in [6.45, 7) is 0.497. The second kappa shape index (κ2) is 6.75. The molecule has 0 fully saturated rings. The normalized spacial score (nSPS) is 13.3. The maximum absolute atomic E-state index is 12.2. The Hall–Kier alpha value is -3.13. The molecule has 23 heavy (non-hydrogen) atoms. The molecule has 1 heterocycles. The third kappa shape index (κ3) is 3.55. The van der Waals surface area contributed by atoms with Gasteiger partial charge in [-0.2, -0.15) is 10.4 Å². The molecule has 1 aliphatic heterocycles. The lowest BCUT2D eigenvalue weighted by Gasteiger charge is -2.12. The summed E-state index contributed by atoms with van der Waals surface area (Å²) >= 11 is 0. The van der Waals surface area contributed by atoms with E-state index < -0.39 is 0 Å². The van der Waals surface area contributed by atoms with E-state index in [1.54, 1.807) is 24.3 Å². The van der Waals surface area contributed by atoms with Crippen LogP contribution in [0.3, 0.4) is 0 Å². The van der Waals surface area contributed by atoms with Crippen molar-refractivity contribution in [1.29, 1.82) is 5.26 Å². The number of nitriles is 1. The molecule has 1 amide bonds. The molecule has 0 aliphatic carbocycles. The monoisotopic (exact) mass is 305 g/mol. The number of hydrazone groups is 1. The molecule has 0 spiro atoms. The van der Waals surface area contributed by atoms with Gasteiger partial charge >= 0.3 is 0 Å². The van der Waals surface area contributed by atoms with E-state index >= 15 is 0 Å². The minimum atomic E-state index is -0.180. The molecule has 3 rings (SSSR count). The molecule has 0 bridgehead atoms. The van der Waals surface area contributed by atoms with Gasteiger partial charge in [-0.3, -0.25) is 4.79 Å². The van der Waals surface area contributed by atoms with Gasteiger partial charge in [-0.1, -0.05) is 30.3 Å². The lowest BCUT2D eigenvalue weighted by molar-refractivity contribution is -0.132. The van der Waals surface area contributed by atoms with Gasteiger partial charge in [-0.15, -0.1) is 0 Å². The summed E-state index contributed by atoms with van der Waals surface area (Å²) in [5, 5.41) is 14.6. The molecular weight excluding hydrogens is 290 g/mol. The van der Waals surface area contributed by atoms with E-state index in [0.29, 0.717) is 17.9 Å². The molecule has 5 nitrogen and oxygen atoms in total. The maximum Gasteiger partial charge on any atom is 0.280 e. The Morgan fingerprint density at radius 3 is 2.61 bits per heavy atom. The first kappa shape index (κ1) is 14.8. The first-order valence-corrected chi connectivity index (χ1v) is 7.32. The number of hydrogen-bond acceptors (Lipinski definition) is 4. The fourth-order valence-electron chi connectivity index (χ4n) is 2.32. The molecule has 0 saturated heterocycles. The minimum Gasteiger partial charge on any atom is -0.484 e. The minimum absolute atomic E-state index is 0.0720. The topological polar surface area (TPSA) is 65.7 Å². The van der Waals surface area contributed by atoms with Crippen LogP contribution in [0.4, 0.5) is 0 Å². The largest absolute Gasteiger partial charge is 0.484 e. The van der Waals surface area contributed by atoms with Crippen molar-refractivity contribution in [1.82, 2.24) is 5.01 Å². The fourth-order valence-corrected chi connectivity index (χ4v) is 2.32. The van der Waals surface area contributed by atoms with Crippen LogP contribution in [0, 0.1) is 11.3 Å². The summed E-state index contributed by atoms with van der Waals surface area (Å²) in [5.74, 6) is 0.379. The Morgan fingerprint density at radius 1 is 1.17 bits per heavy atom. The van der Waals surface area contributed by atoms with Gasteiger partial charge in [0.1, 0.15) is 5.75 Å². The molecule has 1 aliphatic rings. The second-order valence-corrected chi connectivity index (χ2v) is 5.10. The van der Waals surface area contributed by atoms with Crippen LogP contribution in [0.25, 0.3) is 0 Å². The molecule has 0 radical (unpaired) electrons. The predicted molar refractivity (Wildman–Crippen MR) is 86.0 cm³/mol. The van der Waals surface area contributed by atoms with Crippen molar-refractivity contribution < 1.29 is 9.53 Å². The Kier molecular flexibility index (Phi) is 4.34. The lowest BCUT2D eigenvalue weighted by atomic mass is 10.1. The van der Waals surface area contributed by atoms with Crippen LogP contribution in [0.15, 0.2) is 59.7 Å². The van der Waals surface area contributed by atoms with Crippen LogP contribution in [-0.2, 0) is 4.79 Å². The van der Waals surface area contributed by atoms with Crippen molar-refractivity contribution in [2.45, 2.75) is 6.42 Å². The van der Waals surface area contributed by atoms with E-state index in [9.17, 15) is 4.79 Å². The van der Waals surface area contributed by atoms with Gasteiger partial charge in [0.15, 0.2) is 6.61 Å². The first-order chi connectivity index (χ1) is 11.3. The highest BCUT2D eigenvalue weighted by atomic mass is 16.5. The fraction of sp³-hybridized carbons (Fsp3) is 0.167. The molecule has 2 aromatic rings. The zero-order valence-corrected chi connectivity index (χ0v) is 12.5. The van der Waals surface area contributed by atoms with Crippen LogP contribution < -0.4 is 4.74 Å². The van der Waals surface area contributed by atoms with Gasteiger partial charge in [-0.05, 0) is 29.8 Å². The van der Waals surface area contributed by atoms with E-state index in [1.807, 2.05) is 36.4 Å². The number of rotatable bonds is 4. The third-order valence-electron chi connectivity index (χ3n) is 3.54. The van der Waals surface area contributed by atoms with E-state index in [1.165, 1.54) is 5.01 Å². The van der Waals surface area contributed by atoms with Crippen molar-refractivity contribution in [2.24, 2.45) is 5.10 Å². The number of carbonyl (C=O) groups is 1. The predicted octanol–water partition coefficient (Wildman–Crippen LogP) is 2.57. The zero-order valence-electron chi connectivity index (χ0n) is 12.5. The highest BCUT2D eigenvalue weighted by Gasteiger charge is 2.21. The quantitative estimate of drug-likeness (QED) is 0.872. The number of hydrogen-bond donors (Lipinski definition) is 0. The van der Waals surface area contributed by atoms with Gasteiger partial charge in [0.05, 0.1) is 23.9 Å². The van der Waals surface area contributed by atoms with Crippen molar-refractivity contribution in [3.8, 4) is 11.8 Å². The van der Waals surface area contributed by atoms with Crippen LogP contribution in [0.1, 0.15) is 17.5 Å². The highest BCUT2D eigenvalue weighted by Crippen LogP contribution is 2.15. The van der Waals surface area contributed by atoms with Crippen molar-refractivity contribution in [2.75, 3.05) is 13.2 Å². The zero-order chi connectivity index (χ0) is 16.1. The molecule has 0 unspecified atom stereocenters. The lowest BCUT2D eigenvalue weighted by Crippen LogP contribution is -2.28. The standard InChI is InChI=1S/C18H15N3O2/c19-12-14-6-8-16(9-7-14)23-13-18(22)21-11-10-17(20-21)15-4-2-1-3-5-15/h1-9H,10-11,13H2. The van der Waals surface area contributed by atoms with Crippen LogP contribution in [0.2, 0.25) is 0 Å². The Labute approximate surface area is 134 Å². The third-order valence-corrected chi connectivity index (χ3v) is 3.54. The summed E-state index contributed by atoms with van der Waals surface area (Å²) in [6.07, 6.45) is 0.743.